The van der Waals surface area contributed by atoms with Crippen LogP contribution in [0, 0.1) is 0 Å². The Morgan fingerprint density at radius 3 is 1.71 bits per heavy atom. The van der Waals surface area contributed by atoms with Gasteiger partial charge in [0, 0.05) is 18.3 Å². The normalized spacial score (nSPS) is 11.2. The van der Waals surface area contributed by atoms with Crippen molar-refractivity contribution in [2.75, 3.05) is 11.9 Å². The zero-order valence-electron chi connectivity index (χ0n) is 18.1. The van der Waals surface area contributed by atoms with Gasteiger partial charge in [-0.25, -0.2) is 0 Å². The van der Waals surface area contributed by atoms with Crippen LogP contribution in [-0.2, 0) is 4.79 Å². The summed E-state index contributed by atoms with van der Waals surface area (Å²) < 4.78 is 0. The lowest BCUT2D eigenvalue weighted by Gasteiger charge is -2.07. The first-order valence-corrected chi connectivity index (χ1v) is 11.5. The standard InChI is InChI=1S/C25H42N2O/c1-2-3-4-5-6-7-8-9-10-11-12-13-14-15-22-27-24-19-16-23(17-20-24)18-21-25(26)28/h16-21,27H,2-15,22H2,1H3,(H2,26,28). The van der Waals surface area contributed by atoms with E-state index in [2.05, 4.69) is 12.2 Å². The summed E-state index contributed by atoms with van der Waals surface area (Å²) in [6, 6.07) is 8.08. The number of carbonyl (C=O) groups is 1. The first-order valence-electron chi connectivity index (χ1n) is 11.5. The SMILES string of the molecule is CCCCCCCCCCCCCCCCNc1ccc(C=CC(N)=O)cc1. The van der Waals surface area contributed by atoms with Gasteiger partial charge in [0.2, 0.25) is 5.91 Å². The summed E-state index contributed by atoms with van der Waals surface area (Å²) >= 11 is 0. The van der Waals surface area contributed by atoms with E-state index in [0.29, 0.717) is 0 Å². The second-order valence-electron chi connectivity index (χ2n) is 7.88. The van der Waals surface area contributed by atoms with Crippen molar-refractivity contribution >= 4 is 17.7 Å². The summed E-state index contributed by atoms with van der Waals surface area (Å²) in [6.45, 7) is 3.30. The van der Waals surface area contributed by atoms with Crippen molar-refractivity contribution in [3.8, 4) is 0 Å². The highest BCUT2D eigenvalue weighted by Crippen LogP contribution is 2.14. The van der Waals surface area contributed by atoms with Gasteiger partial charge in [-0.3, -0.25) is 4.79 Å². The molecule has 0 saturated carbocycles. The molecule has 0 aliphatic rings. The molecule has 0 aliphatic heterocycles. The summed E-state index contributed by atoms with van der Waals surface area (Å²) in [7, 11) is 0. The maximum Gasteiger partial charge on any atom is 0.241 e. The Morgan fingerprint density at radius 2 is 1.25 bits per heavy atom. The van der Waals surface area contributed by atoms with Gasteiger partial charge in [0.05, 0.1) is 0 Å². The Balaban J connectivity index is 1.88. The molecule has 0 heterocycles. The summed E-state index contributed by atoms with van der Waals surface area (Å²) in [5.74, 6) is -0.417. The van der Waals surface area contributed by atoms with E-state index in [1.165, 1.54) is 96.0 Å². The second kappa shape index (κ2) is 17.3. The average Bonchev–Trinajstić information content (AvgIpc) is 2.70. The molecule has 1 aromatic rings. The summed E-state index contributed by atoms with van der Waals surface area (Å²) in [6.07, 6.45) is 22.6. The van der Waals surface area contributed by atoms with Gasteiger partial charge < -0.3 is 11.1 Å². The molecular formula is C25H42N2O. The number of nitrogens with one attached hydrogen (secondary N) is 1. The fourth-order valence-electron chi connectivity index (χ4n) is 3.44. The molecule has 3 N–H and O–H groups in total. The third kappa shape index (κ3) is 14.3. The molecule has 0 radical (unpaired) electrons. The maximum atomic E-state index is 10.7. The second-order valence-corrected chi connectivity index (χ2v) is 7.88. The molecule has 3 nitrogen and oxygen atoms in total. The van der Waals surface area contributed by atoms with Crippen molar-refractivity contribution in [3.05, 3.63) is 35.9 Å². The Kier molecular flexibility index (Phi) is 15.0. The van der Waals surface area contributed by atoms with Gasteiger partial charge in [0.15, 0.2) is 0 Å². The number of hydrogen-bond donors (Lipinski definition) is 2. The number of unbranched alkanes of at least 4 members (excludes halogenated alkanes) is 13. The molecule has 0 spiro atoms. The van der Waals surface area contributed by atoms with E-state index in [1.54, 1.807) is 6.08 Å². The first-order chi connectivity index (χ1) is 13.7. The summed E-state index contributed by atoms with van der Waals surface area (Å²) in [4.78, 5) is 10.7. The molecule has 1 aromatic carbocycles. The van der Waals surface area contributed by atoms with Crippen molar-refractivity contribution in [2.45, 2.75) is 96.8 Å². The van der Waals surface area contributed by atoms with E-state index in [-0.39, 0.29) is 0 Å². The van der Waals surface area contributed by atoms with Gasteiger partial charge in [-0.15, -0.1) is 0 Å². The van der Waals surface area contributed by atoms with Crippen molar-refractivity contribution < 1.29 is 4.79 Å². The lowest BCUT2D eigenvalue weighted by Crippen LogP contribution is -2.05. The summed E-state index contributed by atoms with van der Waals surface area (Å²) in [5.41, 5.74) is 7.22. The van der Waals surface area contributed by atoms with Crippen LogP contribution in [0.3, 0.4) is 0 Å². The van der Waals surface area contributed by atoms with E-state index in [4.69, 9.17) is 5.73 Å². The van der Waals surface area contributed by atoms with Gasteiger partial charge >= 0.3 is 0 Å². The maximum absolute atomic E-state index is 10.7. The molecule has 1 amide bonds. The highest BCUT2D eigenvalue weighted by atomic mass is 16.1. The number of rotatable bonds is 18. The fraction of sp³-hybridized carbons (Fsp3) is 0.640. The Morgan fingerprint density at radius 1 is 0.786 bits per heavy atom. The quantitative estimate of drug-likeness (QED) is 0.209. The molecule has 28 heavy (non-hydrogen) atoms. The van der Waals surface area contributed by atoms with Crippen molar-refractivity contribution in [1.29, 1.82) is 0 Å². The minimum Gasteiger partial charge on any atom is -0.385 e. The van der Waals surface area contributed by atoms with Gasteiger partial charge in [-0.05, 0) is 30.2 Å². The smallest absolute Gasteiger partial charge is 0.241 e. The van der Waals surface area contributed by atoms with E-state index in [9.17, 15) is 4.79 Å². The van der Waals surface area contributed by atoms with Gasteiger partial charge in [0.1, 0.15) is 0 Å². The van der Waals surface area contributed by atoms with E-state index < -0.39 is 5.91 Å². The van der Waals surface area contributed by atoms with Crippen LogP contribution in [0.15, 0.2) is 30.3 Å². The Labute approximate surface area is 173 Å². The lowest BCUT2D eigenvalue weighted by molar-refractivity contribution is -0.113. The number of carbonyl (C=O) groups excluding carboxylic acids is 1. The fourth-order valence-corrected chi connectivity index (χ4v) is 3.44. The largest absolute Gasteiger partial charge is 0.385 e. The Hall–Kier alpha value is -1.77. The zero-order valence-corrected chi connectivity index (χ0v) is 18.1. The average molecular weight is 387 g/mol. The van der Waals surface area contributed by atoms with Crippen LogP contribution in [0.25, 0.3) is 6.08 Å². The van der Waals surface area contributed by atoms with E-state index in [1.807, 2.05) is 24.3 Å². The van der Waals surface area contributed by atoms with Crippen LogP contribution in [0.4, 0.5) is 5.69 Å². The lowest BCUT2D eigenvalue weighted by atomic mass is 10.0. The number of nitrogens with two attached hydrogens (primary N) is 1. The molecule has 0 aromatic heterocycles. The molecule has 0 bridgehead atoms. The van der Waals surface area contributed by atoms with Crippen LogP contribution in [0.2, 0.25) is 0 Å². The molecule has 3 heteroatoms. The third-order valence-electron chi connectivity index (χ3n) is 5.21. The summed E-state index contributed by atoms with van der Waals surface area (Å²) in [5, 5.41) is 3.46. The number of hydrogen-bond acceptors (Lipinski definition) is 2. The topological polar surface area (TPSA) is 55.1 Å². The monoisotopic (exact) mass is 386 g/mol. The minimum atomic E-state index is -0.417. The molecule has 158 valence electrons. The highest BCUT2D eigenvalue weighted by Gasteiger charge is 1.95. The molecule has 1 rings (SSSR count). The third-order valence-corrected chi connectivity index (χ3v) is 5.21. The zero-order chi connectivity index (χ0) is 20.3. The predicted molar refractivity (Wildman–Crippen MR) is 123 cm³/mol. The van der Waals surface area contributed by atoms with E-state index >= 15 is 0 Å². The van der Waals surface area contributed by atoms with Crippen LogP contribution in [-0.4, -0.2) is 12.5 Å². The van der Waals surface area contributed by atoms with Gasteiger partial charge in [-0.2, -0.15) is 0 Å². The van der Waals surface area contributed by atoms with Crippen LogP contribution < -0.4 is 11.1 Å². The Bertz CT molecular complexity index is 522. The molecule has 0 saturated heterocycles. The van der Waals surface area contributed by atoms with Gasteiger partial charge in [-0.1, -0.05) is 103 Å². The molecule has 0 fully saturated rings. The highest BCUT2D eigenvalue weighted by molar-refractivity contribution is 5.90. The minimum absolute atomic E-state index is 0.417. The van der Waals surface area contributed by atoms with Crippen molar-refractivity contribution in [1.82, 2.24) is 0 Å². The van der Waals surface area contributed by atoms with Crippen molar-refractivity contribution in [3.63, 3.8) is 0 Å². The predicted octanol–water partition coefficient (Wildman–Crippen LogP) is 7.08. The molecular weight excluding hydrogens is 344 g/mol. The number of anilines is 1. The molecule has 0 aliphatic carbocycles. The van der Waals surface area contributed by atoms with Crippen LogP contribution >= 0.6 is 0 Å². The number of benzene rings is 1. The van der Waals surface area contributed by atoms with E-state index in [0.717, 1.165) is 17.8 Å². The molecule has 0 atom stereocenters. The van der Waals surface area contributed by atoms with Gasteiger partial charge in [0.25, 0.3) is 0 Å². The number of primary amides is 1. The van der Waals surface area contributed by atoms with Crippen molar-refractivity contribution in [2.24, 2.45) is 5.73 Å². The number of amides is 1. The van der Waals surface area contributed by atoms with Crippen LogP contribution in [0.1, 0.15) is 102 Å². The first kappa shape index (κ1) is 24.3. The van der Waals surface area contributed by atoms with Crippen LogP contribution in [0.5, 0.6) is 0 Å². The molecule has 0 unspecified atom stereocenters.